The van der Waals surface area contributed by atoms with Gasteiger partial charge in [-0.1, -0.05) is 37.3 Å². The van der Waals surface area contributed by atoms with E-state index in [-0.39, 0.29) is 43.4 Å². The molecule has 1 aliphatic heterocycles. The van der Waals surface area contributed by atoms with Crippen LogP contribution in [0.3, 0.4) is 0 Å². The Morgan fingerprint density at radius 3 is 2.68 bits per heavy atom. The van der Waals surface area contributed by atoms with Gasteiger partial charge in [-0.05, 0) is 31.2 Å². The lowest BCUT2D eigenvalue weighted by Crippen LogP contribution is -2.66. The molecule has 1 aliphatic carbocycles. The molecule has 4 atom stereocenters. The molecule has 0 unspecified atom stereocenters. The maximum Gasteiger partial charge on any atom is 0.239 e. The zero-order valence-electron chi connectivity index (χ0n) is 16.8. The highest BCUT2D eigenvalue weighted by atomic mass is 16.5. The van der Waals surface area contributed by atoms with E-state index in [1.54, 1.807) is 18.9 Å². The van der Waals surface area contributed by atoms with Gasteiger partial charge in [0.25, 0.3) is 0 Å². The summed E-state index contributed by atoms with van der Waals surface area (Å²) in [4.78, 5) is 28.3. The zero-order chi connectivity index (χ0) is 20.4. The van der Waals surface area contributed by atoms with Crippen molar-refractivity contribution >= 4 is 11.7 Å². The summed E-state index contributed by atoms with van der Waals surface area (Å²) in [5, 5.41) is 22.6. The molecule has 2 N–H and O–H groups in total. The number of hydrogen-bond donors (Lipinski definition) is 2. The van der Waals surface area contributed by atoms with Crippen LogP contribution in [0.25, 0.3) is 0 Å². The molecule has 1 aromatic rings. The van der Waals surface area contributed by atoms with Crippen LogP contribution in [0.1, 0.15) is 44.6 Å². The summed E-state index contributed by atoms with van der Waals surface area (Å²) in [5.74, 6) is -0.633. The number of amides is 1. The highest BCUT2D eigenvalue weighted by Crippen LogP contribution is 2.45. The second-order valence-electron chi connectivity index (χ2n) is 8.17. The smallest absolute Gasteiger partial charge is 0.239 e. The number of Topliss-reactive ketones (excluding diaryl/α,β-unsaturated/α-hetero) is 1. The molecule has 1 amide bonds. The van der Waals surface area contributed by atoms with Gasteiger partial charge in [-0.15, -0.1) is 0 Å². The third-order valence-electron chi connectivity index (χ3n) is 6.55. The van der Waals surface area contributed by atoms with Crippen molar-refractivity contribution in [3.63, 3.8) is 0 Å². The van der Waals surface area contributed by atoms with E-state index in [1.807, 2.05) is 30.3 Å². The van der Waals surface area contributed by atoms with Gasteiger partial charge in [-0.3, -0.25) is 9.59 Å². The van der Waals surface area contributed by atoms with Gasteiger partial charge in [-0.2, -0.15) is 0 Å². The van der Waals surface area contributed by atoms with Crippen molar-refractivity contribution < 1.29 is 24.5 Å². The third-order valence-corrected chi connectivity index (χ3v) is 6.55. The maximum atomic E-state index is 13.6. The molecular formula is C22H31NO5. The predicted octanol–water partition coefficient (Wildman–Crippen LogP) is 1.72. The third kappa shape index (κ3) is 3.49. The zero-order valence-corrected chi connectivity index (χ0v) is 16.8. The first-order valence-corrected chi connectivity index (χ1v) is 10.2. The molecule has 0 spiro atoms. The molecular weight excluding hydrogens is 358 g/mol. The predicted molar refractivity (Wildman–Crippen MR) is 105 cm³/mol. The first kappa shape index (κ1) is 21.0. The number of aliphatic hydroxyl groups excluding tert-OH is 1. The lowest BCUT2D eigenvalue weighted by Gasteiger charge is -2.49. The number of aliphatic hydroxyl groups is 2. The molecule has 2 fully saturated rings. The fraction of sp³-hybridized carbons (Fsp3) is 0.636. The molecule has 0 aromatic heterocycles. The minimum absolute atomic E-state index is 0.0861. The molecule has 0 bridgehead atoms. The van der Waals surface area contributed by atoms with Crippen LogP contribution < -0.4 is 0 Å². The first-order valence-electron chi connectivity index (χ1n) is 10.2. The van der Waals surface area contributed by atoms with E-state index in [9.17, 15) is 19.8 Å². The monoisotopic (exact) mass is 389 g/mol. The molecule has 2 aliphatic rings. The van der Waals surface area contributed by atoms with Crippen molar-refractivity contribution in [3.05, 3.63) is 35.9 Å². The average molecular weight is 389 g/mol. The molecule has 6 nitrogen and oxygen atoms in total. The number of ether oxygens (including phenoxy) is 1. The van der Waals surface area contributed by atoms with Crippen molar-refractivity contribution in [2.45, 2.75) is 63.2 Å². The van der Waals surface area contributed by atoms with Crippen molar-refractivity contribution in [3.8, 4) is 0 Å². The van der Waals surface area contributed by atoms with Gasteiger partial charge in [0.2, 0.25) is 5.91 Å². The van der Waals surface area contributed by atoms with Gasteiger partial charge in [0.15, 0.2) is 5.78 Å². The summed E-state index contributed by atoms with van der Waals surface area (Å²) in [5.41, 5.74) is -2.25. The number of ketones is 1. The molecule has 1 saturated heterocycles. The Bertz CT molecular complexity index is 708. The van der Waals surface area contributed by atoms with Crippen molar-refractivity contribution in [1.29, 1.82) is 0 Å². The van der Waals surface area contributed by atoms with Gasteiger partial charge >= 0.3 is 0 Å². The molecule has 0 radical (unpaired) electrons. The maximum absolute atomic E-state index is 13.6. The van der Waals surface area contributed by atoms with E-state index < -0.39 is 17.1 Å². The SMILES string of the molecule is CC[C@]1(C(=O)N2CCC[C@H]2COC)C(=O)CC[C@@](O)(Cc2ccccc2)[C@@H]1O. The van der Waals surface area contributed by atoms with E-state index in [1.165, 1.54) is 0 Å². The number of benzene rings is 1. The molecule has 6 heteroatoms. The number of carbonyl (C=O) groups is 2. The Labute approximate surface area is 166 Å². The second-order valence-corrected chi connectivity index (χ2v) is 8.17. The van der Waals surface area contributed by atoms with Gasteiger partial charge in [0, 0.05) is 26.5 Å². The Kier molecular flexibility index (Phi) is 6.22. The van der Waals surface area contributed by atoms with Crippen LogP contribution in [0, 0.1) is 5.41 Å². The first-order chi connectivity index (χ1) is 13.4. The Hall–Kier alpha value is -1.76. The highest BCUT2D eigenvalue weighted by molar-refractivity contribution is 6.07. The summed E-state index contributed by atoms with van der Waals surface area (Å²) in [6.07, 6.45) is 0.831. The van der Waals surface area contributed by atoms with E-state index in [0.29, 0.717) is 13.2 Å². The normalized spacial score (nSPS) is 33.3. The fourth-order valence-corrected chi connectivity index (χ4v) is 4.94. The van der Waals surface area contributed by atoms with Crippen LogP contribution in [0.15, 0.2) is 30.3 Å². The standard InChI is InChI=1S/C22H31NO5/c1-3-22(20(26)23-13-7-10-17(23)15-28-2)18(24)11-12-21(27,19(22)25)14-16-8-5-4-6-9-16/h4-6,8-9,17,19,25,27H,3,7,10-15H2,1-2H3/t17-,19-,21+,22-/m0/s1. The van der Waals surface area contributed by atoms with E-state index >= 15 is 0 Å². The molecule has 1 heterocycles. The van der Waals surface area contributed by atoms with Crippen molar-refractivity contribution in [2.24, 2.45) is 5.41 Å². The van der Waals surface area contributed by atoms with Crippen LogP contribution in [0.4, 0.5) is 0 Å². The summed E-state index contributed by atoms with van der Waals surface area (Å²) < 4.78 is 5.24. The van der Waals surface area contributed by atoms with Crippen molar-refractivity contribution in [1.82, 2.24) is 4.90 Å². The summed E-state index contributed by atoms with van der Waals surface area (Å²) in [7, 11) is 1.59. The number of methoxy groups -OCH3 is 1. The lowest BCUT2D eigenvalue weighted by atomic mass is 9.60. The Morgan fingerprint density at radius 2 is 2.04 bits per heavy atom. The highest BCUT2D eigenvalue weighted by Gasteiger charge is 2.62. The molecule has 1 saturated carbocycles. The lowest BCUT2D eigenvalue weighted by molar-refractivity contribution is -0.189. The van der Waals surface area contributed by atoms with E-state index in [2.05, 4.69) is 0 Å². The van der Waals surface area contributed by atoms with Crippen molar-refractivity contribution in [2.75, 3.05) is 20.3 Å². The summed E-state index contributed by atoms with van der Waals surface area (Å²) in [6, 6.07) is 9.30. The fourth-order valence-electron chi connectivity index (χ4n) is 4.94. The van der Waals surface area contributed by atoms with Gasteiger partial charge in [0.1, 0.15) is 11.5 Å². The number of rotatable bonds is 6. The molecule has 3 rings (SSSR count). The quantitative estimate of drug-likeness (QED) is 0.724. The Balaban J connectivity index is 1.93. The van der Waals surface area contributed by atoms with Crippen LogP contribution in [0.2, 0.25) is 0 Å². The average Bonchev–Trinajstić information content (AvgIpc) is 3.15. The van der Waals surface area contributed by atoms with E-state index in [4.69, 9.17) is 4.74 Å². The Morgan fingerprint density at radius 1 is 1.32 bits per heavy atom. The van der Waals surface area contributed by atoms with Crippen LogP contribution in [-0.4, -0.2) is 64.8 Å². The van der Waals surface area contributed by atoms with Crippen LogP contribution in [0.5, 0.6) is 0 Å². The van der Waals surface area contributed by atoms with Crippen LogP contribution >= 0.6 is 0 Å². The summed E-state index contributed by atoms with van der Waals surface area (Å²) in [6.45, 7) is 2.70. The minimum Gasteiger partial charge on any atom is -0.389 e. The van der Waals surface area contributed by atoms with E-state index in [0.717, 1.165) is 18.4 Å². The minimum atomic E-state index is -1.60. The number of likely N-dealkylation sites (tertiary alicyclic amines) is 1. The molecule has 28 heavy (non-hydrogen) atoms. The van der Waals surface area contributed by atoms with Gasteiger partial charge in [-0.25, -0.2) is 0 Å². The molecule has 154 valence electrons. The topological polar surface area (TPSA) is 87.1 Å². The van der Waals surface area contributed by atoms with Crippen LogP contribution in [-0.2, 0) is 20.7 Å². The van der Waals surface area contributed by atoms with Gasteiger partial charge in [0.05, 0.1) is 18.2 Å². The number of hydrogen-bond acceptors (Lipinski definition) is 5. The number of nitrogens with zero attached hydrogens (tertiary/aromatic N) is 1. The number of carbonyl (C=O) groups excluding carboxylic acids is 2. The second kappa shape index (κ2) is 8.31. The van der Waals surface area contributed by atoms with Gasteiger partial charge < -0.3 is 19.8 Å². The molecule has 1 aromatic carbocycles. The largest absolute Gasteiger partial charge is 0.389 e. The summed E-state index contributed by atoms with van der Waals surface area (Å²) >= 11 is 0.